The molecular weight excluding hydrogens is 450 g/mol. The van der Waals surface area contributed by atoms with E-state index in [2.05, 4.69) is 26.7 Å². The maximum absolute atomic E-state index is 13.2. The topological polar surface area (TPSA) is 90.9 Å². The average Bonchev–Trinajstić information content (AvgIpc) is 2.76. The number of benzene rings is 3. The predicted molar refractivity (Wildman–Crippen MR) is 115 cm³/mol. The van der Waals surface area contributed by atoms with Gasteiger partial charge in [-0.25, -0.2) is 5.01 Å². The smallest absolute Gasteiger partial charge is 0.276 e. The lowest BCUT2D eigenvalue weighted by molar-refractivity contribution is -0.127. The fourth-order valence-corrected chi connectivity index (χ4v) is 3.48. The molecule has 2 amide bonds. The summed E-state index contributed by atoms with van der Waals surface area (Å²) in [4.78, 5) is 25.7. The highest BCUT2D eigenvalue weighted by molar-refractivity contribution is 9.10. The highest BCUT2D eigenvalue weighted by Crippen LogP contribution is 2.34. The summed E-state index contributed by atoms with van der Waals surface area (Å²) in [5.74, 6) is -0.176. The van der Waals surface area contributed by atoms with Crippen LogP contribution in [0.15, 0.2) is 77.3 Å². The van der Waals surface area contributed by atoms with Gasteiger partial charge in [0.05, 0.1) is 5.56 Å². The number of hydrogen-bond acceptors (Lipinski definition) is 5. The van der Waals surface area contributed by atoms with E-state index in [0.29, 0.717) is 22.6 Å². The summed E-state index contributed by atoms with van der Waals surface area (Å²) in [7, 11) is 0. The Labute approximate surface area is 181 Å². The van der Waals surface area contributed by atoms with Gasteiger partial charge in [0.1, 0.15) is 17.7 Å². The van der Waals surface area contributed by atoms with Crippen molar-refractivity contribution in [3.63, 3.8) is 0 Å². The Morgan fingerprint density at radius 2 is 1.83 bits per heavy atom. The van der Waals surface area contributed by atoms with Crippen molar-refractivity contribution < 1.29 is 19.4 Å². The number of hydrogen-bond donors (Lipinski definition) is 3. The molecule has 152 valence electrons. The molecule has 3 aromatic rings. The van der Waals surface area contributed by atoms with Crippen molar-refractivity contribution in [3.05, 3.63) is 88.4 Å². The van der Waals surface area contributed by atoms with Crippen molar-refractivity contribution in [1.82, 2.24) is 10.4 Å². The third-order valence-electron chi connectivity index (χ3n) is 4.55. The summed E-state index contributed by atoms with van der Waals surface area (Å²) in [5, 5.41) is 14.1. The van der Waals surface area contributed by atoms with E-state index in [1.54, 1.807) is 48.5 Å². The fourth-order valence-electron chi connectivity index (χ4n) is 3.11. The molecule has 30 heavy (non-hydrogen) atoms. The number of phenols is 1. The number of fused-ring (bicyclic) bond motifs is 1. The van der Waals surface area contributed by atoms with Gasteiger partial charge in [0.2, 0.25) is 0 Å². The summed E-state index contributed by atoms with van der Waals surface area (Å²) < 4.78 is 6.23. The third-order valence-corrected chi connectivity index (χ3v) is 5.04. The molecule has 8 heteroatoms. The van der Waals surface area contributed by atoms with Crippen molar-refractivity contribution >= 4 is 33.4 Å². The zero-order valence-corrected chi connectivity index (χ0v) is 17.3. The normalized spacial score (nSPS) is 15.2. The number of hydrazine groups is 1. The maximum Gasteiger partial charge on any atom is 0.276 e. The van der Waals surface area contributed by atoms with Gasteiger partial charge in [0.25, 0.3) is 11.8 Å². The Balaban J connectivity index is 1.58. The molecule has 0 fully saturated rings. The lowest BCUT2D eigenvalue weighted by Gasteiger charge is -2.37. The van der Waals surface area contributed by atoms with Gasteiger partial charge in [-0.3, -0.25) is 15.0 Å². The minimum Gasteiger partial charge on any atom is -0.508 e. The van der Waals surface area contributed by atoms with Crippen molar-refractivity contribution in [2.75, 3.05) is 11.9 Å². The predicted octanol–water partition coefficient (Wildman–Crippen LogP) is 3.83. The van der Waals surface area contributed by atoms with Crippen LogP contribution in [0.4, 0.5) is 5.69 Å². The second kappa shape index (κ2) is 8.46. The first-order valence-electron chi connectivity index (χ1n) is 9.17. The van der Waals surface area contributed by atoms with Crippen LogP contribution in [0.2, 0.25) is 0 Å². The van der Waals surface area contributed by atoms with Crippen LogP contribution in [0.3, 0.4) is 0 Å². The minimum atomic E-state index is -0.660. The van der Waals surface area contributed by atoms with E-state index in [-0.39, 0.29) is 18.3 Å². The van der Waals surface area contributed by atoms with Gasteiger partial charge in [-0.2, -0.15) is 0 Å². The summed E-state index contributed by atoms with van der Waals surface area (Å²) in [5.41, 5.74) is 4.40. The molecule has 0 radical (unpaired) electrons. The first-order valence-corrected chi connectivity index (χ1v) is 9.96. The number of nitrogens with zero attached hydrogens (tertiary/aromatic N) is 1. The summed E-state index contributed by atoms with van der Waals surface area (Å²) in [6.45, 7) is -0.249. The van der Waals surface area contributed by atoms with Crippen LogP contribution in [0, 0.1) is 0 Å². The number of amides is 2. The van der Waals surface area contributed by atoms with Gasteiger partial charge in [0.15, 0.2) is 6.61 Å². The SMILES string of the molecule is O=C(COc1ccccc1)NN1C(=O)c2cc(Br)ccc2NC1c1ccc(O)cc1. The van der Waals surface area contributed by atoms with E-state index >= 15 is 0 Å². The number of carbonyl (C=O) groups excluding carboxylic acids is 2. The Bertz CT molecular complexity index is 1070. The van der Waals surface area contributed by atoms with E-state index in [9.17, 15) is 14.7 Å². The second-order valence-electron chi connectivity index (χ2n) is 6.64. The lowest BCUT2D eigenvalue weighted by atomic mass is 10.0. The third kappa shape index (κ3) is 4.23. The fraction of sp³-hybridized carbons (Fsp3) is 0.0909. The van der Waals surface area contributed by atoms with Crippen molar-refractivity contribution in [2.45, 2.75) is 6.17 Å². The van der Waals surface area contributed by atoms with E-state index in [0.717, 1.165) is 4.47 Å². The van der Waals surface area contributed by atoms with Crippen LogP contribution >= 0.6 is 15.9 Å². The number of phenolic OH excluding ortho intramolecular Hbond substituents is 1. The zero-order valence-electron chi connectivity index (χ0n) is 15.7. The zero-order chi connectivity index (χ0) is 21.1. The first kappa shape index (κ1) is 19.8. The molecule has 1 unspecified atom stereocenters. The highest BCUT2D eigenvalue weighted by Gasteiger charge is 2.34. The lowest BCUT2D eigenvalue weighted by Crippen LogP contribution is -2.53. The van der Waals surface area contributed by atoms with E-state index in [1.165, 1.54) is 17.1 Å². The molecule has 0 spiro atoms. The maximum atomic E-state index is 13.2. The molecule has 1 atom stereocenters. The molecule has 0 saturated carbocycles. The van der Waals surface area contributed by atoms with E-state index < -0.39 is 12.1 Å². The highest BCUT2D eigenvalue weighted by atomic mass is 79.9. The molecule has 1 aliphatic rings. The monoisotopic (exact) mass is 467 g/mol. The molecule has 0 aromatic heterocycles. The molecule has 4 rings (SSSR count). The Kier molecular flexibility index (Phi) is 5.58. The minimum absolute atomic E-state index is 0.108. The molecule has 3 N–H and O–H groups in total. The van der Waals surface area contributed by atoms with Crippen LogP contribution in [-0.2, 0) is 4.79 Å². The summed E-state index contributed by atoms with van der Waals surface area (Å²) >= 11 is 3.37. The van der Waals surface area contributed by atoms with Crippen molar-refractivity contribution in [3.8, 4) is 11.5 Å². The molecule has 0 bridgehead atoms. The molecule has 0 aliphatic carbocycles. The average molecular weight is 468 g/mol. The van der Waals surface area contributed by atoms with Gasteiger partial charge >= 0.3 is 0 Å². The van der Waals surface area contributed by atoms with Crippen molar-refractivity contribution in [1.29, 1.82) is 0 Å². The van der Waals surface area contributed by atoms with E-state index in [1.807, 2.05) is 12.1 Å². The van der Waals surface area contributed by atoms with Crippen LogP contribution in [0.25, 0.3) is 0 Å². The largest absolute Gasteiger partial charge is 0.508 e. The van der Waals surface area contributed by atoms with Crippen LogP contribution in [0.1, 0.15) is 22.1 Å². The number of rotatable bonds is 5. The molecule has 7 nitrogen and oxygen atoms in total. The number of ether oxygens (including phenoxy) is 1. The molecule has 1 aliphatic heterocycles. The number of nitrogens with one attached hydrogen (secondary N) is 2. The standard InChI is InChI=1S/C22H18BrN3O4/c23-15-8-11-19-18(12-15)22(29)26(21(24-19)14-6-9-16(27)10-7-14)25-20(28)13-30-17-4-2-1-3-5-17/h1-12,21,24,27H,13H2,(H,25,28). The number of anilines is 1. The van der Waals surface area contributed by atoms with E-state index in [4.69, 9.17) is 4.74 Å². The Hall–Kier alpha value is -3.52. The quantitative estimate of drug-likeness (QED) is 0.530. The Morgan fingerprint density at radius 1 is 1.10 bits per heavy atom. The Morgan fingerprint density at radius 3 is 2.57 bits per heavy atom. The summed E-state index contributed by atoms with van der Waals surface area (Å²) in [6, 6.07) is 20.7. The van der Waals surface area contributed by atoms with Gasteiger partial charge in [0, 0.05) is 10.2 Å². The van der Waals surface area contributed by atoms with Gasteiger partial charge in [-0.1, -0.05) is 46.3 Å². The number of aromatic hydroxyl groups is 1. The van der Waals surface area contributed by atoms with Crippen LogP contribution < -0.4 is 15.5 Å². The molecule has 1 heterocycles. The first-order chi connectivity index (χ1) is 14.5. The summed E-state index contributed by atoms with van der Waals surface area (Å²) in [6.07, 6.45) is -0.660. The van der Waals surface area contributed by atoms with Crippen LogP contribution in [-0.4, -0.2) is 28.5 Å². The van der Waals surface area contributed by atoms with Gasteiger partial charge < -0.3 is 15.2 Å². The van der Waals surface area contributed by atoms with Crippen molar-refractivity contribution in [2.24, 2.45) is 0 Å². The van der Waals surface area contributed by atoms with Crippen LogP contribution in [0.5, 0.6) is 11.5 Å². The second-order valence-corrected chi connectivity index (χ2v) is 7.56. The number of para-hydroxylation sites is 1. The molecule has 3 aromatic carbocycles. The van der Waals surface area contributed by atoms with Gasteiger partial charge in [-0.15, -0.1) is 0 Å². The molecular formula is C22H18BrN3O4. The molecule has 0 saturated heterocycles. The van der Waals surface area contributed by atoms with Gasteiger partial charge in [-0.05, 0) is 48.0 Å². The number of carbonyl (C=O) groups is 2. The number of halogens is 1.